The van der Waals surface area contributed by atoms with E-state index < -0.39 is 12.1 Å². The molecule has 0 amide bonds. The quantitative estimate of drug-likeness (QED) is 0.188. The molecule has 8 aromatic carbocycles. The van der Waals surface area contributed by atoms with Gasteiger partial charge in [-0.25, -0.2) is 0 Å². The second-order valence-corrected chi connectivity index (χ2v) is 10.8. The van der Waals surface area contributed by atoms with Crippen molar-refractivity contribution >= 4 is 43.5 Å². The van der Waals surface area contributed by atoms with Crippen molar-refractivity contribution in [1.29, 1.82) is 0 Å². The van der Waals surface area contributed by atoms with E-state index in [9.17, 15) is 5.48 Å². The number of para-hydroxylation sites is 1. The van der Waals surface area contributed by atoms with Crippen molar-refractivity contribution in [3.8, 4) is 44.5 Å². The lowest BCUT2D eigenvalue weighted by molar-refractivity contribution is 0.670. The fraction of sp³-hybridized carbons (Fsp3) is 0. The minimum absolute atomic E-state index is 0.0394. The molecule has 45 heavy (non-hydrogen) atoms. The van der Waals surface area contributed by atoms with Gasteiger partial charge in [-0.05, 0) is 78.6 Å². The van der Waals surface area contributed by atoms with Crippen LogP contribution in [0.1, 0.15) is 13.7 Å². The Balaban J connectivity index is 1.49. The van der Waals surface area contributed by atoms with E-state index in [0.29, 0.717) is 54.9 Å². The van der Waals surface area contributed by atoms with Crippen molar-refractivity contribution < 1.29 is 18.1 Å². The summed E-state index contributed by atoms with van der Waals surface area (Å²) in [6.07, 6.45) is 0. The van der Waals surface area contributed by atoms with Crippen LogP contribution in [0.5, 0.6) is 0 Å². The van der Waals surface area contributed by atoms with Crippen LogP contribution in [0.25, 0.3) is 88.0 Å². The van der Waals surface area contributed by atoms with E-state index in [-0.39, 0.29) is 81.4 Å². The molecule has 1 heteroatoms. The maximum absolute atomic E-state index is 9.72. The van der Waals surface area contributed by atoms with E-state index in [4.69, 9.17) is 12.6 Å². The topological polar surface area (TPSA) is 13.1 Å². The molecule has 0 aliphatic carbocycles. The van der Waals surface area contributed by atoms with Gasteiger partial charge in [0.15, 0.2) is 0 Å². The van der Waals surface area contributed by atoms with Crippen LogP contribution in [0.15, 0.2) is 174 Å². The Morgan fingerprint density at radius 3 is 1.64 bits per heavy atom. The number of fused-ring (bicyclic) bond motifs is 5. The summed E-state index contributed by atoms with van der Waals surface area (Å²) in [5.41, 5.74) is 3.63. The molecule has 0 aliphatic rings. The lowest BCUT2D eigenvalue weighted by atomic mass is 9.83. The lowest BCUT2D eigenvalue weighted by Crippen LogP contribution is -1.93. The summed E-state index contributed by atoms with van der Waals surface area (Å²) in [4.78, 5) is 0. The first-order valence-electron chi connectivity index (χ1n) is 19.6. The molecule has 0 saturated heterocycles. The molecule has 0 bridgehead atoms. The van der Waals surface area contributed by atoms with E-state index in [1.165, 1.54) is 0 Å². The molecule has 0 atom stereocenters. The third kappa shape index (κ3) is 4.09. The Labute approximate surface area is 275 Å². The van der Waals surface area contributed by atoms with Crippen LogP contribution in [-0.2, 0) is 0 Å². The summed E-state index contributed by atoms with van der Waals surface area (Å²) in [7, 11) is 0. The Bertz CT molecular complexity index is 3030. The number of hydrogen-bond donors (Lipinski definition) is 0. The summed E-state index contributed by atoms with van der Waals surface area (Å²) >= 11 is 0. The molecule has 9 rings (SSSR count). The predicted octanol–water partition coefficient (Wildman–Crippen LogP) is 12.6. The Hall–Kier alpha value is -5.92. The van der Waals surface area contributed by atoms with E-state index in [1.807, 2.05) is 84.9 Å². The summed E-state index contributed by atoms with van der Waals surface area (Å²) in [6, 6.07) is 30.3. The van der Waals surface area contributed by atoms with Crippen LogP contribution in [0, 0.1) is 0 Å². The molecule has 1 nitrogen and oxygen atoms in total. The van der Waals surface area contributed by atoms with Crippen molar-refractivity contribution in [2.24, 2.45) is 0 Å². The van der Waals surface area contributed by atoms with Gasteiger partial charge in [-0.2, -0.15) is 0 Å². The molecule has 0 fully saturated rings. The van der Waals surface area contributed by atoms with Gasteiger partial charge in [-0.15, -0.1) is 0 Å². The van der Waals surface area contributed by atoms with E-state index in [0.717, 1.165) is 0 Å². The third-order valence-electron chi connectivity index (χ3n) is 8.31. The summed E-state index contributed by atoms with van der Waals surface area (Å²) in [5.74, 6) is 0. The Morgan fingerprint density at radius 1 is 0.378 bits per heavy atom. The molecule has 210 valence electrons. The average Bonchev–Trinajstić information content (AvgIpc) is 3.61. The average molecular weight is 583 g/mol. The zero-order valence-electron chi connectivity index (χ0n) is 33.8. The van der Waals surface area contributed by atoms with Gasteiger partial charge in [-0.1, -0.05) is 151 Å². The molecule has 0 saturated carbocycles. The van der Waals surface area contributed by atoms with Crippen LogP contribution in [-0.4, -0.2) is 0 Å². The molecule has 0 unspecified atom stereocenters. The fourth-order valence-corrected chi connectivity index (χ4v) is 6.37. The summed E-state index contributed by atoms with van der Waals surface area (Å²) in [6.45, 7) is 0. The summed E-state index contributed by atoms with van der Waals surface area (Å²) in [5, 5.41) is 2.69. The minimum atomic E-state index is -0.463. The van der Waals surface area contributed by atoms with Crippen molar-refractivity contribution in [2.75, 3.05) is 0 Å². The predicted molar refractivity (Wildman–Crippen MR) is 190 cm³/mol. The van der Waals surface area contributed by atoms with Crippen LogP contribution in [0.4, 0.5) is 0 Å². The lowest BCUT2D eigenvalue weighted by Gasteiger charge is -2.20. The Kier molecular flexibility index (Phi) is 4.01. The zero-order valence-corrected chi connectivity index (χ0v) is 23.8. The highest BCUT2D eigenvalue weighted by atomic mass is 16.3. The maximum Gasteiger partial charge on any atom is 0.143 e. The molecule has 1 heterocycles. The smallest absolute Gasteiger partial charge is 0.143 e. The molecule has 0 radical (unpaired) electrons. The molecule has 9 aromatic rings. The van der Waals surface area contributed by atoms with Gasteiger partial charge in [0.2, 0.25) is 0 Å². The normalized spacial score (nSPS) is 14.7. The molecule has 0 aliphatic heterocycles. The van der Waals surface area contributed by atoms with Gasteiger partial charge in [0, 0.05) is 16.3 Å². The largest absolute Gasteiger partial charge is 0.455 e. The number of furan rings is 1. The first-order chi connectivity index (χ1) is 26.5. The molecular weight excluding hydrogens is 544 g/mol. The SMILES string of the molecule is [2H]c1c([2H])c(-c2ccccc2)c([2H])c(-c2c3ccccc3c(-c3c([2H])c([2H])c4c(oc5c([2H])c([2H])c([2H])c([2H])c54)c3-c3ccccc3)c3ccccc23)c1[2H]. The van der Waals surface area contributed by atoms with Gasteiger partial charge in [0.1, 0.15) is 11.2 Å². The Morgan fingerprint density at radius 2 is 0.956 bits per heavy atom. The van der Waals surface area contributed by atoms with Crippen LogP contribution in [0.3, 0.4) is 0 Å². The van der Waals surface area contributed by atoms with Gasteiger partial charge in [0.05, 0.1) is 13.7 Å². The highest BCUT2D eigenvalue weighted by molar-refractivity contribution is 6.24. The number of benzene rings is 8. The van der Waals surface area contributed by atoms with Crippen molar-refractivity contribution in [2.45, 2.75) is 0 Å². The van der Waals surface area contributed by atoms with Gasteiger partial charge in [0.25, 0.3) is 0 Å². The third-order valence-corrected chi connectivity index (χ3v) is 8.31. The maximum atomic E-state index is 9.72. The van der Waals surface area contributed by atoms with E-state index >= 15 is 0 Å². The molecular formula is C44H28O. The highest BCUT2D eigenvalue weighted by Gasteiger charge is 2.22. The molecule has 1 aromatic heterocycles. The standard InChI is InChI=1S/C44H28O/c1-3-14-29(15-4-1)31-18-13-19-32(28-31)41-34-21-7-9-23-36(34)43(37-24-10-8-22-35(37)41)39-27-26-38-33-20-11-12-25-40(33)45-44(38)42(39)30-16-5-2-6-17-30/h1-28H/i11D,12D,13D,18D,19D,20D,25D,26D,27D,28D. The minimum Gasteiger partial charge on any atom is -0.455 e. The van der Waals surface area contributed by atoms with E-state index in [1.54, 1.807) is 24.3 Å². The highest BCUT2D eigenvalue weighted by Crippen LogP contribution is 2.49. The van der Waals surface area contributed by atoms with Gasteiger partial charge in [-0.3, -0.25) is 0 Å². The summed E-state index contributed by atoms with van der Waals surface area (Å²) < 4.78 is 96.2. The van der Waals surface area contributed by atoms with Crippen molar-refractivity contribution in [1.82, 2.24) is 0 Å². The van der Waals surface area contributed by atoms with Gasteiger partial charge >= 0.3 is 0 Å². The van der Waals surface area contributed by atoms with Crippen LogP contribution in [0.2, 0.25) is 0 Å². The van der Waals surface area contributed by atoms with Crippen LogP contribution >= 0.6 is 0 Å². The molecule has 0 N–H and O–H groups in total. The second kappa shape index (κ2) is 10.4. The fourth-order valence-electron chi connectivity index (χ4n) is 6.37. The second-order valence-electron chi connectivity index (χ2n) is 10.8. The van der Waals surface area contributed by atoms with Gasteiger partial charge < -0.3 is 4.42 Å². The van der Waals surface area contributed by atoms with E-state index in [2.05, 4.69) is 0 Å². The first kappa shape index (κ1) is 17.4. The first-order valence-corrected chi connectivity index (χ1v) is 14.6. The monoisotopic (exact) mass is 582 g/mol. The zero-order chi connectivity index (χ0) is 38.4. The van der Waals surface area contributed by atoms with Crippen molar-refractivity contribution in [3.63, 3.8) is 0 Å². The van der Waals surface area contributed by atoms with Crippen molar-refractivity contribution in [3.05, 3.63) is 170 Å². The number of hydrogen-bond acceptors (Lipinski definition) is 1. The molecule has 0 spiro atoms. The van der Waals surface area contributed by atoms with Crippen LogP contribution < -0.4 is 0 Å². The number of rotatable bonds is 4.